The minimum absolute atomic E-state index is 0.0594. The minimum Gasteiger partial charge on any atom is -0.387 e. The second kappa shape index (κ2) is 3.97. The molecule has 1 N–H and O–H groups in total. The topological polar surface area (TPSA) is 32.7 Å². The van der Waals surface area contributed by atoms with E-state index in [4.69, 9.17) is 4.74 Å². The summed E-state index contributed by atoms with van der Waals surface area (Å²) >= 11 is 0. The lowest BCUT2D eigenvalue weighted by Crippen LogP contribution is -2.65. The maximum atomic E-state index is 10.2. The van der Waals surface area contributed by atoms with E-state index in [0.717, 1.165) is 32.5 Å². The molecular formula is C13H25NO2. The van der Waals surface area contributed by atoms with Gasteiger partial charge in [0, 0.05) is 19.6 Å². The zero-order valence-electron chi connectivity index (χ0n) is 11.0. The van der Waals surface area contributed by atoms with Crippen molar-refractivity contribution in [1.82, 2.24) is 4.90 Å². The van der Waals surface area contributed by atoms with Crippen LogP contribution in [0.1, 0.15) is 40.5 Å². The van der Waals surface area contributed by atoms with Gasteiger partial charge in [0.05, 0.1) is 17.3 Å². The molecule has 2 aliphatic rings. The predicted octanol–water partition coefficient (Wildman–Crippen LogP) is 1.65. The second-order valence-corrected chi connectivity index (χ2v) is 6.47. The standard InChI is InChI=1S/C13H25NO2/c1-10(2)13(15)8-14(9-13)7-11-5-6-12(3,4)16-11/h10-11,15H,5-9H2,1-4H3. The molecule has 3 nitrogen and oxygen atoms in total. The Morgan fingerprint density at radius 3 is 2.44 bits per heavy atom. The molecule has 1 atom stereocenters. The van der Waals surface area contributed by atoms with Gasteiger partial charge < -0.3 is 9.84 Å². The van der Waals surface area contributed by atoms with E-state index in [1.165, 1.54) is 0 Å². The van der Waals surface area contributed by atoms with Crippen molar-refractivity contribution in [3.63, 3.8) is 0 Å². The minimum atomic E-state index is -0.450. The third-order valence-corrected chi connectivity index (χ3v) is 4.09. The van der Waals surface area contributed by atoms with Gasteiger partial charge in [0.15, 0.2) is 0 Å². The molecule has 0 radical (unpaired) electrons. The van der Waals surface area contributed by atoms with Crippen molar-refractivity contribution < 1.29 is 9.84 Å². The Morgan fingerprint density at radius 1 is 1.38 bits per heavy atom. The molecule has 2 fully saturated rings. The second-order valence-electron chi connectivity index (χ2n) is 6.47. The van der Waals surface area contributed by atoms with Gasteiger partial charge >= 0.3 is 0 Å². The Morgan fingerprint density at radius 2 is 2.00 bits per heavy atom. The Kier molecular flexibility index (Phi) is 3.06. The third kappa shape index (κ3) is 2.41. The molecule has 2 saturated heterocycles. The van der Waals surface area contributed by atoms with Gasteiger partial charge in [-0.1, -0.05) is 13.8 Å². The lowest BCUT2D eigenvalue weighted by Gasteiger charge is -2.49. The van der Waals surface area contributed by atoms with Crippen molar-refractivity contribution in [3.8, 4) is 0 Å². The van der Waals surface area contributed by atoms with E-state index in [1.54, 1.807) is 0 Å². The highest BCUT2D eigenvalue weighted by Gasteiger charge is 2.45. The molecule has 0 aromatic rings. The Hall–Kier alpha value is -0.120. The highest BCUT2D eigenvalue weighted by molar-refractivity contribution is 4.98. The van der Waals surface area contributed by atoms with Gasteiger partial charge in [-0.05, 0) is 32.6 Å². The van der Waals surface area contributed by atoms with Crippen LogP contribution in [0, 0.1) is 5.92 Å². The molecule has 0 saturated carbocycles. The van der Waals surface area contributed by atoms with Crippen LogP contribution in [-0.2, 0) is 4.74 Å². The summed E-state index contributed by atoms with van der Waals surface area (Å²) in [5.41, 5.74) is -0.391. The van der Waals surface area contributed by atoms with Gasteiger partial charge in [0.25, 0.3) is 0 Å². The van der Waals surface area contributed by atoms with E-state index in [-0.39, 0.29) is 5.60 Å². The lowest BCUT2D eigenvalue weighted by atomic mass is 9.83. The molecule has 0 aromatic carbocycles. The summed E-state index contributed by atoms with van der Waals surface area (Å²) in [6.07, 6.45) is 2.68. The third-order valence-electron chi connectivity index (χ3n) is 4.09. The van der Waals surface area contributed by atoms with Crippen molar-refractivity contribution in [2.24, 2.45) is 5.92 Å². The number of hydrogen-bond donors (Lipinski definition) is 1. The van der Waals surface area contributed by atoms with Gasteiger partial charge in [0.1, 0.15) is 0 Å². The molecule has 0 aromatic heterocycles. The summed E-state index contributed by atoms with van der Waals surface area (Å²) < 4.78 is 5.96. The molecule has 2 rings (SSSR count). The lowest BCUT2D eigenvalue weighted by molar-refractivity contribution is -0.142. The van der Waals surface area contributed by atoms with Crippen LogP contribution in [0.15, 0.2) is 0 Å². The zero-order valence-corrected chi connectivity index (χ0v) is 11.0. The van der Waals surface area contributed by atoms with E-state index >= 15 is 0 Å². The molecule has 3 heteroatoms. The van der Waals surface area contributed by atoms with Crippen molar-refractivity contribution in [1.29, 1.82) is 0 Å². The van der Waals surface area contributed by atoms with Crippen LogP contribution in [0.2, 0.25) is 0 Å². The normalized spacial score (nSPS) is 33.0. The number of rotatable bonds is 3. The summed E-state index contributed by atoms with van der Waals surface area (Å²) in [5.74, 6) is 0.352. The van der Waals surface area contributed by atoms with E-state index < -0.39 is 5.60 Å². The molecule has 0 amide bonds. The van der Waals surface area contributed by atoms with Crippen LogP contribution < -0.4 is 0 Å². The summed E-state index contributed by atoms with van der Waals surface area (Å²) in [6.45, 7) is 11.1. The first-order valence-electron chi connectivity index (χ1n) is 6.43. The average molecular weight is 227 g/mol. The first-order valence-corrected chi connectivity index (χ1v) is 6.43. The maximum absolute atomic E-state index is 10.2. The SMILES string of the molecule is CC(C)C1(O)CN(CC2CCC(C)(C)O2)C1. The molecule has 0 spiro atoms. The number of ether oxygens (including phenoxy) is 1. The molecular weight excluding hydrogens is 202 g/mol. The van der Waals surface area contributed by atoms with E-state index in [1.807, 2.05) is 0 Å². The smallest absolute Gasteiger partial charge is 0.0922 e. The first kappa shape index (κ1) is 12.3. The van der Waals surface area contributed by atoms with Crippen molar-refractivity contribution >= 4 is 0 Å². The Balaban J connectivity index is 1.74. The number of hydrogen-bond acceptors (Lipinski definition) is 3. The molecule has 1 unspecified atom stereocenters. The average Bonchev–Trinajstić information content (AvgIpc) is 2.42. The molecule has 0 bridgehead atoms. The van der Waals surface area contributed by atoms with Gasteiger partial charge in [-0.25, -0.2) is 0 Å². The summed E-state index contributed by atoms with van der Waals surface area (Å²) in [7, 11) is 0. The Labute approximate surface area is 98.8 Å². The maximum Gasteiger partial charge on any atom is 0.0922 e. The fraction of sp³-hybridized carbons (Fsp3) is 1.00. The van der Waals surface area contributed by atoms with Gasteiger partial charge in [-0.3, -0.25) is 4.90 Å². The van der Waals surface area contributed by atoms with Crippen LogP contribution >= 0.6 is 0 Å². The number of β-amino-alcohol motifs (C(OH)–C–C–N with tert-alkyl or cyclic N) is 1. The Bertz CT molecular complexity index is 257. The first-order chi connectivity index (χ1) is 7.31. The van der Waals surface area contributed by atoms with E-state index in [9.17, 15) is 5.11 Å². The van der Waals surface area contributed by atoms with Gasteiger partial charge in [0.2, 0.25) is 0 Å². The zero-order chi connectivity index (χ0) is 12.0. The quantitative estimate of drug-likeness (QED) is 0.795. The molecule has 0 aliphatic carbocycles. The number of likely N-dealkylation sites (tertiary alicyclic amines) is 1. The van der Waals surface area contributed by atoms with Crippen LogP contribution in [0.5, 0.6) is 0 Å². The fourth-order valence-electron chi connectivity index (χ4n) is 2.72. The van der Waals surface area contributed by atoms with Crippen molar-refractivity contribution in [3.05, 3.63) is 0 Å². The largest absolute Gasteiger partial charge is 0.387 e. The van der Waals surface area contributed by atoms with Crippen molar-refractivity contribution in [2.45, 2.75) is 57.8 Å². The van der Waals surface area contributed by atoms with Crippen molar-refractivity contribution in [2.75, 3.05) is 19.6 Å². The van der Waals surface area contributed by atoms with Gasteiger partial charge in [-0.15, -0.1) is 0 Å². The van der Waals surface area contributed by atoms with Crippen LogP contribution in [0.4, 0.5) is 0 Å². The highest BCUT2D eigenvalue weighted by Crippen LogP contribution is 2.33. The molecule has 94 valence electrons. The predicted molar refractivity (Wildman–Crippen MR) is 64.4 cm³/mol. The highest BCUT2D eigenvalue weighted by atomic mass is 16.5. The molecule has 16 heavy (non-hydrogen) atoms. The number of nitrogens with zero attached hydrogens (tertiary/aromatic N) is 1. The molecule has 2 heterocycles. The van der Waals surface area contributed by atoms with E-state index in [2.05, 4.69) is 32.6 Å². The summed E-state index contributed by atoms with van der Waals surface area (Å²) in [6, 6.07) is 0. The number of aliphatic hydroxyl groups is 1. The molecule has 2 aliphatic heterocycles. The summed E-state index contributed by atoms with van der Waals surface area (Å²) in [4.78, 5) is 2.31. The van der Waals surface area contributed by atoms with Crippen LogP contribution in [-0.4, -0.2) is 46.9 Å². The van der Waals surface area contributed by atoms with Gasteiger partial charge in [-0.2, -0.15) is 0 Å². The monoisotopic (exact) mass is 227 g/mol. The van der Waals surface area contributed by atoms with Crippen LogP contribution in [0.3, 0.4) is 0 Å². The van der Waals surface area contributed by atoms with Crippen LogP contribution in [0.25, 0.3) is 0 Å². The summed E-state index contributed by atoms with van der Waals surface area (Å²) in [5, 5.41) is 10.2. The van der Waals surface area contributed by atoms with E-state index in [0.29, 0.717) is 12.0 Å². The fourth-order valence-corrected chi connectivity index (χ4v) is 2.72.